The van der Waals surface area contributed by atoms with Gasteiger partial charge in [0, 0.05) is 31.6 Å². The molecule has 0 unspecified atom stereocenters. The van der Waals surface area contributed by atoms with Gasteiger partial charge in [0.1, 0.15) is 16.5 Å². The van der Waals surface area contributed by atoms with Crippen LogP contribution in [0.15, 0.2) is 40.2 Å². The third kappa shape index (κ3) is 5.98. The van der Waals surface area contributed by atoms with Crippen LogP contribution in [0.25, 0.3) is 0 Å². The van der Waals surface area contributed by atoms with Crippen molar-refractivity contribution in [2.75, 3.05) is 26.2 Å². The van der Waals surface area contributed by atoms with Gasteiger partial charge in [0.2, 0.25) is 10.0 Å². The Balaban J connectivity index is 0.00000456. The van der Waals surface area contributed by atoms with Crippen molar-refractivity contribution >= 4 is 21.8 Å². The molecule has 0 N–H and O–H groups in total. The SMILES string of the molecule is CCN(CC)S(=O)(=O)c1cc(C(=O)N2CCN=C2Cc2c(C)cc(C(C)(C)C)cc2C)ccc1F.[Cl-]. The fourth-order valence-electron chi connectivity index (χ4n) is 4.42. The highest BCUT2D eigenvalue weighted by atomic mass is 35.5. The summed E-state index contributed by atoms with van der Waals surface area (Å²) in [5, 5.41) is 0. The molecule has 9 heteroatoms. The van der Waals surface area contributed by atoms with Crippen molar-refractivity contribution in [2.45, 2.75) is 65.2 Å². The first-order valence-corrected chi connectivity index (χ1v) is 13.5. The molecule has 1 amide bonds. The second-order valence-electron chi connectivity index (χ2n) is 10.0. The summed E-state index contributed by atoms with van der Waals surface area (Å²) in [4.78, 5) is 19.1. The van der Waals surface area contributed by atoms with Crippen LogP contribution in [0.4, 0.5) is 4.39 Å². The number of halogens is 2. The lowest BCUT2D eigenvalue weighted by atomic mass is 9.83. The molecule has 0 radical (unpaired) electrons. The molecule has 0 spiro atoms. The van der Waals surface area contributed by atoms with E-state index in [-0.39, 0.29) is 42.4 Å². The topological polar surface area (TPSA) is 70.1 Å². The molecular weight excluding hydrogens is 501 g/mol. The molecule has 0 bridgehead atoms. The van der Waals surface area contributed by atoms with Crippen molar-refractivity contribution in [3.63, 3.8) is 0 Å². The molecule has 0 saturated carbocycles. The van der Waals surface area contributed by atoms with Gasteiger partial charge in [-0.1, -0.05) is 46.8 Å². The molecule has 0 saturated heterocycles. The number of sulfonamides is 1. The summed E-state index contributed by atoms with van der Waals surface area (Å²) in [6.07, 6.45) is 0.500. The molecule has 0 aliphatic carbocycles. The quantitative estimate of drug-likeness (QED) is 0.542. The monoisotopic (exact) mass is 536 g/mol. The predicted molar refractivity (Wildman–Crippen MR) is 138 cm³/mol. The zero-order valence-electron chi connectivity index (χ0n) is 22.2. The number of carbonyl (C=O) groups excluding carboxylic acids is 1. The third-order valence-electron chi connectivity index (χ3n) is 6.57. The third-order valence-corrected chi connectivity index (χ3v) is 8.64. The van der Waals surface area contributed by atoms with Gasteiger partial charge in [0.05, 0.1) is 6.54 Å². The summed E-state index contributed by atoms with van der Waals surface area (Å²) < 4.78 is 41.6. The second-order valence-corrected chi connectivity index (χ2v) is 11.9. The van der Waals surface area contributed by atoms with Gasteiger partial charge >= 0.3 is 0 Å². The Morgan fingerprint density at radius 3 is 2.19 bits per heavy atom. The molecule has 0 aromatic heterocycles. The maximum absolute atomic E-state index is 14.6. The summed E-state index contributed by atoms with van der Waals surface area (Å²) >= 11 is 0. The van der Waals surface area contributed by atoms with E-state index < -0.39 is 20.7 Å². The number of aliphatic imine (C=N–C) groups is 1. The van der Waals surface area contributed by atoms with Crippen molar-refractivity contribution in [1.82, 2.24) is 9.21 Å². The highest BCUT2D eigenvalue weighted by molar-refractivity contribution is 7.89. The molecule has 1 heterocycles. The van der Waals surface area contributed by atoms with E-state index >= 15 is 0 Å². The van der Waals surface area contributed by atoms with Crippen LogP contribution in [-0.2, 0) is 21.9 Å². The molecule has 1 aliphatic rings. The normalized spacial score (nSPS) is 14.1. The first-order valence-electron chi connectivity index (χ1n) is 12.1. The molecule has 3 rings (SSSR count). The number of nitrogens with zero attached hydrogens (tertiary/aromatic N) is 3. The maximum Gasteiger partial charge on any atom is 0.259 e. The van der Waals surface area contributed by atoms with E-state index in [1.165, 1.54) is 15.9 Å². The molecule has 6 nitrogen and oxygen atoms in total. The summed E-state index contributed by atoms with van der Waals surface area (Å²) in [6, 6.07) is 7.91. The van der Waals surface area contributed by atoms with Gasteiger partial charge in [-0.25, -0.2) is 12.8 Å². The van der Waals surface area contributed by atoms with E-state index in [1.54, 1.807) is 18.7 Å². The number of amides is 1. The Hall–Kier alpha value is -2.29. The minimum Gasteiger partial charge on any atom is -1.00 e. The fraction of sp³-hybridized carbons (Fsp3) is 0.481. The van der Waals surface area contributed by atoms with Gasteiger partial charge in [-0.15, -0.1) is 0 Å². The Morgan fingerprint density at radius 2 is 1.67 bits per heavy atom. The number of hydrogen-bond donors (Lipinski definition) is 0. The number of rotatable bonds is 7. The van der Waals surface area contributed by atoms with Crippen LogP contribution in [0.2, 0.25) is 0 Å². The molecule has 0 fully saturated rings. The van der Waals surface area contributed by atoms with Gasteiger partial charge in [-0.3, -0.25) is 14.7 Å². The number of hydrogen-bond acceptors (Lipinski definition) is 4. The van der Waals surface area contributed by atoms with Crippen molar-refractivity contribution in [3.05, 3.63) is 64.0 Å². The Labute approximate surface area is 221 Å². The zero-order chi connectivity index (χ0) is 26.1. The van der Waals surface area contributed by atoms with Crippen LogP contribution in [-0.4, -0.2) is 55.5 Å². The smallest absolute Gasteiger partial charge is 0.259 e. The van der Waals surface area contributed by atoms with Crippen LogP contribution >= 0.6 is 0 Å². The number of benzene rings is 2. The Kier molecular flexibility index (Phi) is 9.48. The highest BCUT2D eigenvalue weighted by Gasteiger charge is 2.30. The van der Waals surface area contributed by atoms with E-state index in [0.29, 0.717) is 25.3 Å². The Bertz CT molecular complexity index is 1240. The lowest BCUT2D eigenvalue weighted by Crippen LogP contribution is -3.00. The van der Waals surface area contributed by atoms with Gasteiger partial charge in [0.15, 0.2) is 0 Å². The van der Waals surface area contributed by atoms with E-state index in [2.05, 4.69) is 51.7 Å². The van der Waals surface area contributed by atoms with Gasteiger partial charge < -0.3 is 12.4 Å². The molecule has 2 aromatic rings. The summed E-state index contributed by atoms with van der Waals surface area (Å²) in [5.41, 5.74) is 4.83. The van der Waals surface area contributed by atoms with Crippen molar-refractivity contribution in [2.24, 2.45) is 4.99 Å². The van der Waals surface area contributed by atoms with Crippen LogP contribution in [0.1, 0.15) is 67.2 Å². The van der Waals surface area contributed by atoms with E-state index in [1.807, 2.05) is 0 Å². The van der Waals surface area contributed by atoms with Crippen molar-refractivity contribution < 1.29 is 30.0 Å². The molecule has 0 atom stereocenters. The summed E-state index contributed by atoms with van der Waals surface area (Å²) in [7, 11) is -4.04. The van der Waals surface area contributed by atoms with E-state index in [9.17, 15) is 17.6 Å². The minimum atomic E-state index is -4.04. The standard InChI is InChI=1S/C27H36FN3O3S.ClH/c1-8-30(9-2)35(33,34)24-16-20(10-11-23(24)28)26(32)31-13-12-29-25(31)17-22-18(3)14-21(15-19(22)4)27(5,6)7;/h10-11,14-16H,8-9,12-13,17H2,1-7H3;1H/p-1. The van der Waals surface area contributed by atoms with Crippen molar-refractivity contribution in [3.8, 4) is 0 Å². The van der Waals surface area contributed by atoms with Crippen LogP contribution in [0.5, 0.6) is 0 Å². The van der Waals surface area contributed by atoms with Crippen LogP contribution < -0.4 is 12.4 Å². The van der Waals surface area contributed by atoms with Gasteiger partial charge in [0.25, 0.3) is 5.91 Å². The molecule has 198 valence electrons. The average Bonchev–Trinajstić information content (AvgIpc) is 3.24. The average molecular weight is 537 g/mol. The maximum atomic E-state index is 14.6. The molecule has 36 heavy (non-hydrogen) atoms. The van der Waals surface area contributed by atoms with Crippen LogP contribution in [0, 0.1) is 19.7 Å². The number of carbonyl (C=O) groups is 1. The minimum absolute atomic E-state index is 0. The first-order chi connectivity index (χ1) is 16.3. The number of aryl methyl sites for hydroxylation is 2. The highest BCUT2D eigenvalue weighted by Crippen LogP contribution is 2.28. The summed E-state index contributed by atoms with van der Waals surface area (Å²) in [6.45, 7) is 15.4. The fourth-order valence-corrected chi connectivity index (χ4v) is 5.97. The largest absolute Gasteiger partial charge is 1.00 e. The van der Waals surface area contributed by atoms with Gasteiger partial charge in [-0.05, 0) is 59.7 Å². The molecule has 2 aromatic carbocycles. The van der Waals surface area contributed by atoms with E-state index in [4.69, 9.17) is 0 Å². The predicted octanol–water partition coefficient (Wildman–Crippen LogP) is 1.87. The Morgan fingerprint density at radius 1 is 1.08 bits per heavy atom. The molecule has 1 aliphatic heterocycles. The van der Waals surface area contributed by atoms with E-state index in [0.717, 1.165) is 28.8 Å². The zero-order valence-corrected chi connectivity index (χ0v) is 23.7. The second kappa shape index (κ2) is 11.4. The van der Waals surface area contributed by atoms with Crippen LogP contribution in [0.3, 0.4) is 0 Å². The lowest BCUT2D eigenvalue weighted by molar-refractivity contribution is -0.0000206. The van der Waals surface area contributed by atoms with Gasteiger partial charge in [-0.2, -0.15) is 4.31 Å². The number of amidine groups is 1. The molecular formula is C27H36ClFN3O3S-. The summed E-state index contributed by atoms with van der Waals surface area (Å²) in [5.74, 6) is -0.602. The first kappa shape index (κ1) is 29.9. The lowest BCUT2D eigenvalue weighted by Gasteiger charge is -2.24. The van der Waals surface area contributed by atoms with Crippen molar-refractivity contribution in [1.29, 1.82) is 0 Å².